The van der Waals surface area contributed by atoms with Crippen LogP contribution in [-0.2, 0) is 16.0 Å². The summed E-state index contributed by atoms with van der Waals surface area (Å²) in [4.78, 5) is 28.0. The van der Waals surface area contributed by atoms with E-state index in [0.29, 0.717) is 4.90 Å². The van der Waals surface area contributed by atoms with Crippen molar-refractivity contribution < 1.29 is 45.1 Å². The summed E-state index contributed by atoms with van der Waals surface area (Å²) in [6.45, 7) is 5.60. The van der Waals surface area contributed by atoms with Crippen LogP contribution in [0.2, 0.25) is 10.0 Å². The normalized spacial score (nSPS) is 20.8. The summed E-state index contributed by atoms with van der Waals surface area (Å²) in [5.41, 5.74) is -3.37. The molecule has 0 aromatic heterocycles. The van der Waals surface area contributed by atoms with E-state index in [1.54, 1.807) is 0 Å². The maximum atomic E-state index is 14.1. The molecule has 3 rings (SSSR count). The van der Waals surface area contributed by atoms with Gasteiger partial charge in [-0.05, 0) is 36.8 Å². The average Bonchev–Trinajstić information content (AvgIpc) is 2.98. The SMILES string of the molecule is CC(C)(C)[C@@H]1N(c2cc(Cl)c(F)c(Cl)c2)C(=O)[C@@](C)(Cc2ccc(OC(F)(F)F)cc2)N1C(=O)C(F)(F)F. The summed E-state index contributed by atoms with van der Waals surface area (Å²) in [7, 11) is 0. The highest BCUT2D eigenvalue weighted by atomic mass is 35.5. The summed E-state index contributed by atoms with van der Waals surface area (Å²) in [5, 5.41) is -1.01. The fourth-order valence-electron chi connectivity index (χ4n) is 4.41. The number of hydrogen-bond donors (Lipinski definition) is 0. The predicted octanol–water partition coefficient (Wildman–Crippen LogP) is 7.14. The van der Waals surface area contributed by atoms with E-state index >= 15 is 0 Å². The van der Waals surface area contributed by atoms with Crippen molar-refractivity contribution in [2.75, 3.05) is 4.90 Å². The van der Waals surface area contributed by atoms with Gasteiger partial charge in [-0.25, -0.2) is 4.39 Å². The highest BCUT2D eigenvalue weighted by molar-refractivity contribution is 6.35. The number of carbonyl (C=O) groups is 2. The maximum Gasteiger partial charge on any atom is 0.573 e. The largest absolute Gasteiger partial charge is 0.573 e. The minimum absolute atomic E-state index is 0.139. The highest BCUT2D eigenvalue weighted by Crippen LogP contribution is 2.46. The summed E-state index contributed by atoms with van der Waals surface area (Å²) in [5.74, 6) is -4.88. The maximum absolute atomic E-state index is 14.1. The van der Waals surface area contributed by atoms with E-state index in [2.05, 4.69) is 4.74 Å². The third-order valence-electron chi connectivity index (χ3n) is 5.89. The molecule has 0 saturated carbocycles. The molecule has 2 amide bonds. The molecule has 1 heterocycles. The van der Waals surface area contributed by atoms with E-state index in [-0.39, 0.29) is 11.3 Å². The number of nitrogens with zero attached hydrogens (tertiary/aromatic N) is 2. The van der Waals surface area contributed by atoms with Gasteiger partial charge >= 0.3 is 18.4 Å². The van der Waals surface area contributed by atoms with Crippen LogP contribution in [0.1, 0.15) is 33.3 Å². The standard InChI is InChI=1S/C24H21Cl2F7N2O3/c1-21(2,3)18-34(13-9-15(25)17(27)16(26)10-13)19(36)22(4,35(18)20(37)23(28,29)30)11-12-5-7-14(8-6-12)38-24(31,32)33/h5-10,18H,11H2,1-4H3/t18-,22-/m1/s1. The molecule has 1 aliphatic rings. The zero-order valence-electron chi connectivity index (χ0n) is 20.3. The van der Waals surface area contributed by atoms with Crippen molar-refractivity contribution in [2.45, 2.75) is 58.4 Å². The van der Waals surface area contributed by atoms with Crippen LogP contribution in [0.15, 0.2) is 36.4 Å². The first-order valence-corrected chi connectivity index (χ1v) is 11.7. The van der Waals surface area contributed by atoms with Gasteiger partial charge in [0.1, 0.15) is 17.5 Å². The molecule has 2 atom stereocenters. The number of alkyl halides is 6. The van der Waals surface area contributed by atoms with E-state index in [9.17, 15) is 40.3 Å². The monoisotopic (exact) mass is 588 g/mol. The Labute approximate surface area is 223 Å². The van der Waals surface area contributed by atoms with Gasteiger partial charge in [-0.2, -0.15) is 13.2 Å². The van der Waals surface area contributed by atoms with Crippen molar-refractivity contribution in [3.05, 3.63) is 57.8 Å². The molecule has 2 aromatic carbocycles. The van der Waals surface area contributed by atoms with Crippen LogP contribution in [0.3, 0.4) is 0 Å². The number of halogens is 9. The highest BCUT2D eigenvalue weighted by Gasteiger charge is 2.64. The third-order valence-corrected chi connectivity index (χ3v) is 6.44. The molecule has 0 bridgehead atoms. The molecule has 1 saturated heterocycles. The van der Waals surface area contributed by atoms with E-state index in [1.165, 1.54) is 20.8 Å². The van der Waals surface area contributed by atoms with E-state index in [4.69, 9.17) is 23.2 Å². The van der Waals surface area contributed by atoms with Crippen LogP contribution in [0.4, 0.5) is 36.4 Å². The molecule has 1 fully saturated rings. The smallest absolute Gasteiger partial charge is 0.406 e. The van der Waals surface area contributed by atoms with Gasteiger partial charge in [0, 0.05) is 17.5 Å². The van der Waals surface area contributed by atoms with E-state index in [0.717, 1.165) is 48.2 Å². The molecular weight excluding hydrogens is 568 g/mol. The molecule has 5 nitrogen and oxygen atoms in total. The Morgan fingerprint density at radius 2 is 1.50 bits per heavy atom. The van der Waals surface area contributed by atoms with Crippen molar-refractivity contribution in [1.29, 1.82) is 0 Å². The van der Waals surface area contributed by atoms with E-state index in [1.807, 2.05) is 0 Å². The number of hydrogen-bond acceptors (Lipinski definition) is 3. The molecule has 1 aliphatic heterocycles. The predicted molar refractivity (Wildman–Crippen MR) is 125 cm³/mol. The fraction of sp³-hybridized carbons (Fsp3) is 0.417. The number of rotatable bonds is 4. The van der Waals surface area contributed by atoms with Gasteiger partial charge in [0.25, 0.3) is 5.91 Å². The Morgan fingerprint density at radius 1 is 1.00 bits per heavy atom. The van der Waals surface area contributed by atoms with Crippen molar-refractivity contribution in [3.8, 4) is 5.75 Å². The number of benzene rings is 2. The van der Waals surface area contributed by atoms with Crippen LogP contribution in [0, 0.1) is 11.2 Å². The molecule has 14 heteroatoms. The van der Waals surface area contributed by atoms with Gasteiger partial charge in [-0.1, -0.05) is 56.1 Å². The Kier molecular flexibility index (Phi) is 7.68. The second kappa shape index (κ2) is 9.78. The Bertz CT molecular complexity index is 1220. The second-order valence-corrected chi connectivity index (χ2v) is 10.8. The van der Waals surface area contributed by atoms with Gasteiger partial charge in [-0.15, -0.1) is 13.2 Å². The zero-order valence-corrected chi connectivity index (χ0v) is 21.8. The van der Waals surface area contributed by atoms with Gasteiger partial charge < -0.3 is 4.74 Å². The first kappa shape index (κ1) is 29.8. The lowest BCUT2D eigenvalue weighted by molar-refractivity contribution is -0.274. The molecule has 0 N–H and O–H groups in total. The molecular formula is C24H21Cl2F7N2O3. The fourth-order valence-corrected chi connectivity index (χ4v) is 4.89. The van der Waals surface area contributed by atoms with Crippen LogP contribution in [0.5, 0.6) is 5.75 Å². The zero-order chi connectivity index (χ0) is 29.0. The topological polar surface area (TPSA) is 49.9 Å². The summed E-state index contributed by atoms with van der Waals surface area (Å²) < 4.78 is 97.0. The first-order chi connectivity index (χ1) is 17.2. The average molecular weight is 589 g/mol. The molecule has 0 spiro atoms. The third kappa shape index (κ3) is 5.80. The first-order valence-electron chi connectivity index (χ1n) is 10.9. The Balaban J connectivity index is 2.19. The van der Waals surface area contributed by atoms with Crippen molar-refractivity contribution >= 4 is 40.7 Å². The second-order valence-electron chi connectivity index (χ2n) is 9.95. The van der Waals surface area contributed by atoms with E-state index < -0.39 is 69.5 Å². The molecule has 2 aromatic rings. The summed E-state index contributed by atoms with van der Waals surface area (Å²) >= 11 is 11.8. The van der Waals surface area contributed by atoms with Crippen molar-refractivity contribution in [2.24, 2.45) is 5.41 Å². The molecule has 0 unspecified atom stereocenters. The van der Waals surface area contributed by atoms with Gasteiger partial charge in [0.15, 0.2) is 5.82 Å². The Hall–Kier alpha value is -2.73. The minimum Gasteiger partial charge on any atom is -0.406 e. The van der Waals surface area contributed by atoms with Gasteiger partial charge in [-0.3, -0.25) is 19.4 Å². The van der Waals surface area contributed by atoms with Crippen LogP contribution < -0.4 is 9.64 Å². The van der Waals surface area contributed by atoms with Crippen molar-refractivity contribution in [1.82, 2.24) is 4.90 Å². The summed E-state index contributed by atoms with van der Waals surface area (Å²) in [6.07, 6.45) is -12.4. The van der Waals surface area contributed by atoms with Crippen LogP contribution in [0.25, 0.3) is 0 Å². The molecule has 0 radical (unpaired) electrons. The molecule has 38 heavy (non-hydrogen) atoms. The molecule has 0 aliphatic carbocycles. The van der Waals surface area contributed by atoms with Gasteiger partial charge in [0.05, 0.1) is 10.0 Å². The number of anilines is 1. The Morgan fingerprint density at radius 3 is 1.92 bits per heavy atom. The van der Waals surface area contributed by atoms with Crippen LogP contribution in [-0.4, -0.2) is 41.0 Å². The number of ether oxygens (including phenoxy) is 1. The summed E-state index contributed by atoms with van der Waals surface area (Å²) in [6, 6.07) is 6.14. The quantitative estimate of drug-likeness (QED) is 0.282. The van der Waals surface area contributed by atoms with Gasteiger partial charge in [0.2, 0.25) is 0 Å². The lowest BCUT2D eigenvalue weighted by Crippen LogP contribution is -2.59. The number of carbonyl (C=O) groups excluding carboxylic acids is 2. The van der Waals surface area contributed by atoms with Crippen LogP contribution >= 0.6 is 23.2 Å². The lowest BCUT2D eigenvalue weighted by Gasteiger charge is -2.42. The minimum atomic E-state index is -5.39. The number of amides is 2. The molecule has 208 valence electrons. The lowest BCUT2D eigenvalue weighted by atomic mass is 9.87. The van der Waals surface area contributed by atoms with Crippen molar-refractivity contribution in [3.63, 3.8) is 0 Å².